The Morgan fingerprint density at radius 1 is 1.17 bits per heavy atom. The van der Waals surface area contributed by atoms with Crippen LogP contribution >= 0.6 is 22.6 Å². The number of hydrogen-bond donors (Lipinski definition) is 2. The van der Waals surface area contributed by atoms with Crippen molar-refractivity contribution in [2.24, 2.45) is 5.92 Å². The van der Waals surface area contributed by atoms with Gasteiger partial charge in [-0.1, -0.05) is 13.8 Å². The van der Waals surface area contributed by atoms with E-state index < -0.39 is 21.0 Å². The number of aryl methyl sites for hydroxylation is 1. The Balaban J connectivity index is 2.03. The van der Waals surface area contributed by atoms with Gasteiger partial charge in [-0.2, -0.15) is 0 Å². The number of sulfonamides is 1. The molecule has 1 aliphatic heterocycles. The third kappa shape index (κ3) is 3.44. The number of halogens is 1. The predicted octanol–water partition coefficient (Wildman–Crippen LogP) is 1.30. The normalized spacial score (nSPS) is 17.1. The van der Waals surface area contributed by atoms with Gasteiger partial charge in [-0.25, -0.2) is 13.1 Å². The summed E-state index contributed by atoms with van der Waals surface area (Å²) in [6, 6.07) is 8.20. The smallest absolute Gasteiger partial charge is 0.280 e. The van der Waals surface area contributed by atoms with Crippen LogP contribution < -0.4 is 26.2 Å². The molecular weight excluding hydrogens is 507 g/mol. The maximum Gasteiger partial charge on any atom is 0.280 e. The quantitative estimate of drug-likeness (QED) is 0.502. The van der Waals surface area contributed by atoms with Gasteiger partial charge in [0.2, 0.25) is 5.43 Å². The fourth-order valence-corrected chi connectivity index (χ4v) is 5.23. The molecule has 0 fully saturated rings. The summed E-state index contributed by atoms with van der Waals surface area (Å²) in [5, 5.41) is 2.71. The molecule has 152 valence electrons. The molecule has 0 radical (unpaired) electrons. The number of rotatable bonds is 3. The van der Waals surface area contributed by atoms with Crippen LogP contribution in [0.25, 0.3) is 11.3 Å². The lowest BCUT2D eigenvalue weighted by molar-refractivity contribution is 0.455. The molecule has 0 aliphatic carbocycles. The van der Waals surface area contributed by atoms with E-state index in [9.17, 15) is 18.0 Å². The van der Waals surface area contributed by atoms with Gasteiger partial charge in [0.05, 0.1) is 5.69 Å². The first-order chi connectivity index (χ1) is 13.7. The molecular formula is C19H19IN4O4S. The second kappa shape index (κ2) is 7.17. The van der Waals surface area contributed by atoms with E-state index in [0.29, 0.717) is 23.7 Å². The van der Waals surface area contributed by atoms with Crippen LogP contribution in [0.4, 0.5) is 5.69 Å². The number of anilines is 1. The van der Waals surface area contributed by atoms with Crippen molar-refractivity contribution >= 4 is 49.6 Å². The predicted molar refractivity (Wildman–Crippen MR) is 119 cm³/mol. The molecule has 0 saturated heterocycles. The maximum atomic E-state index is 13.2. The molecule has 1 aliphatic rings. The molecule has 1 aromatic carbocycles. The molecule has 0 bridgehead atoms. The maximum absolute atomic E-state index is 13.2. The summed E-state index contributed by atoms with van der Waals surface area (Å²) in [5.74, 6) is 0.243. The molecule has 0 atom stereocenters. The number of benzene rings is 1. The van der Waals surface area contributed by atoms with Crippen molar-refractivity contribution in [3.63, 3.8) is 0 Å². The fourth-order valence-electron chi connectivity index (χ4n) is 3.31. The summed E-state index contributed by atoms with van der Waals surface area (Å²) in [5.41, 5.74) is -0.439. The number of aromatic nitrogens is 2. The average molecular weight is 526 g/mol. The third-order valence-electron chi connectivity index (χ3n) is 4.79. The highest BCUT2D eigenvalue weighted by Crippen LogP contribution is 2.28. The molecule has 8 nitrogen and oxygen atoms in total. The Labute approximate surface area is 180 Å². The number of nitrogens with one attached hydrogen (secondary N) is 2. The third-order valence-corrected chi connectivity index (χ3v) is 6.85. The molecule has 2 N–H and O–H groups in total. The zero-order valence-electron chi connectivity index (χ0n) is 15.8. The summed E-state index contributed by atoms with van der Waals surface area (Å²) < 4.78 is 31.6. The summed E-state index contributed by atoms with van der Waals surface area (Å²) in [4.78, 5) is 26.4. The van der Waals surface area contributed by atoms with Crippen LogP contribution in [0.5, 0.6) is 0 Å². The Hall–Kier alpha value is -2.34. The number of hydrogen-bond acceptors (Lipinski definition) is 5. The monoisotopic (exact) mass is 526 g/mol. The van der Waals surface area contributed by atoms with Gasteiger partial charge in [0.15, 0.2) is 0 Å². The molecule has 0 unspecified atom stereocenters. The van der Waals surface area contributed by atoms with Crippen LogP contribution in [0.1, 0.15) is 20.3 Å². The Kier molecular flexibility index (Phi) is 4.93. The second-order valence-electron chi connectivity index (χ2n) is 7.30. The molecule has 10 heteroatoms. The fraction of sp³-hybridized carbons (Fsp3) is 0.263. The zero-order valence-corrected chi connectivity index (χ0v) is 18.7. The van der Waals surface area contributed by atoms with Gasteiger partial charge in [0.1, 0.15) is 21.5 Å². The van der Waals surface area contributed by atoms with Crippen LogP contribution in [0.2, 0.25) is 0 Å². The van der Waals surface area contributed by atoms with Crippen LogP contribution in [0, 0.1) is 9.49 Å². The molecule has 29 heavy (non-hydrogen) atoms. The Morgan fingerprint density at radius 3 is 2.66 bits per heavy atom. The van der Waals surface area contributed by atoms with Gasteiger partial charge < -0.3 is 5.32 Å². The van der Waals surface area contributed by atoms with Crippen LogP contribution in [-0.4, -0.2) is 17.6 Å². The van der Waals surface area contributed by atoms with Crippen molar-refractivity contribution in [3.05, 3.63) is 65.9 Å². The van der Waals surface area contributed by atoms with Gasteiger partial charge in [-0.05, 0) is 65.3 Å². The van der Waals surface area contributed by atoms with Crippen molar-refractivity contribution in [2.45, 2.75) is 31.7 Å². The van der Waals surface area contributed by atoms with Crippen LogP contribution in [0.15, 0.2) is 51.0 Å². The minimum atomic E-state index is -3.92. The lowest BCUT2D eigenvalue weighted by Gasteiger charge is -2.22. The Morgan fingerprint density at radius 2 is 1.93 bits per heavy atom. The first-order valence-electron chi connectivity index (χ1n) is 9.07. The largest absolute Gasteiger partial charge is 0.339 e. The van der Waals surface area contributed by atoms with Crippen molar-refractivity contribution in [1.82, 2.24) is 13.9 Å². The minimum absolute atomic E-state index is 0.0736. The Bertz CT molecular complexity index is 1410. The highest BCUT2D eigenvalue weighted by Gasteiger charge is 2.28. The van der Waals surface area contributed by atoms with Gasteiger partial charge in [0.25, 0.3) is 15.6 Å². The average Bonchev–Trinajstić information content (AvgIpc) is 3.11. The topological polar surface area (TPSA) is 102 Å². The lowest BCUT2D eigenvalue weighted by atomic mass is 10.1. The molecule has 3 aromatic rings. The molecule has 0 spiro atoms. The second-order valence-corrected chi connectivity index (χ2v) is 10.2. The van der Waals surface area contributed by atoms with Gasteiger partial charge in [-0.3, -0.25) is 18.8 Å². The van der Waals surface area contributed by atoms with Crippen LogP contribution in [-0.2, 0) is 16.6 Å². The number of fused-ring (bicyclic) bond motifs is 2. The summed E-state index contributed by atoms with van der Waals surface area (Å²) in [6.07, 6.45) is 2.39. The first kappa shape index (κ1) is 20.0. The summed E-state index contributed by atoms with van der Waals surface area (Å²) in [6.45, 7) is 4.50. The summed E-state index contributed by atoms with van der Waals surface area (Å²) in [7, 11) is -3.92. The van der Waals surface area contributed by atoms with Gasteiger partial charge in [-0.15, -0.1) is 0 Å². The minimum Gasteiger partial charge on any atom is -0.339 e. The number of nitrogens with zero attached hydrogens (tertiary/aromatic N) is 2. The van der Waals surface area contributed by atoms with Gasteiger partial charge >= 0.3 is 0 Å². The molecule has 0 saturated carbocycles. The highest BCUT2D eigenvalue weighted by molar-refractivity contribution is 14.1. The van der Waals surface area contributed by atoms with E-state index in [0.717, 1.165) is 9.99 Å². The zero-order chi connectivity index (χ0) is 20.9. The van der Waals surface area contributed by atoms with Crippen molar-refractivity contribution in [3.8, 4) is 0 Å². The van der Waals surface area contributed by atoms with E-state index in [4.69, 9.17) is 0 Å². The van der Waals surface area contributed by atoms with Crippen molar-refractivity contribution in [2.75, 3.05) is 5.32 Å². The van der Waals surface area contributed by atoms with Crippen molar-refractivity contribution in [1.29, 1.82) is 0 Å². The van der Waals surface area contributed by atoms with Gasteiger partial charge in [0, 0.05) is 16.3 Å². The lowest BCUT2D eigenvalue weighted by Crippen LogP contribution is -2.52. The van der Waals surface area contributed by atoms with E-state index in [-0.39, 0.29) is 15.9 Å². The van der Waals surface area contributed by atoms with E-state index in [2.05, 4.69) is 10.0 Å². The van der Waals surface area contributed by atoms with E-state index in [1.165, 1.54) is 15.3 Å². The summed E-state index contributed by atoms with van der Waals surface area (Å²) >= 11 is 2.02. The first-order valence-corrected chi connectivity index (χ1v) is 11.6. The highest BCUT2D eigenvalue weighted by atomic mass is 127. The molecule has 3 heterocycles. The standard InChI is InChI=1S/C19H19IN4O4S/c1-11(2)7-9-24-19(26)16(17(25)14-4-3-8-23(14)24)18-21-13-6-5-12(20)10-15(13)29(27,28)22-18/h3-6,8,10-11,21-22H,7,9H2,1-2H3/b18-16+. The van der Waals surface area contributed by atoms with E-state index >= 15 is 0 Å². The van der Waals surface area contributed by atoms with E-state index in [1.54, 1.807) is 30.5 Å². The molecule has 2 aromatic heterocycles. The van der Waals surface area contributed by atoms with E-state index in [1.807, 2.05) is 36.4 Å². The van der Waals surface area contributed by atoms with Crippen LogP contribution in [0.3, 0.4) is 0 Å². The molecule has 4 rings (SSSR count). The molecule has 0 amide bonds. The van der Waals surface area contributed by atoms with Crippen molar-refractivity contribution < 1.29 is 8.42 Å². The SMILES string of the molecule is CC(C)CCn1c(=O)/c(=C2\Nc3ccc(I)cc3S(=O)(=O)N2)c(=O)c2cccn21.